The fourth-order valence-corrected chi connectivity index (χ4v) is 2.98. The maximum absolute atomic E-state index is 11.7. The Labute approximate surface area is 114 Å². The van der Waals surface area contributed by atoms with Gasteiger partial charge in [0.2, 0.25) is 5.91 Å². The normalized spacial score (nSPS) is 10.2. The average Bonchev–Trinajstić information content (AvgIpc) is 2.85. The second-order valence-electron chi connectivity index (χ2n) is 3.53. The number of thiazole rings is 1. The van der Waals surface area contributed by atoms with Crippen molar-refractivity contribution in [1.82, 2.24) is 4.98 Å². The van der Waals surface area contributed by atoms with Crippen LogP contribution in [0, 0.1) is 0 Å². The molecule has 0 radical (unpaired) electrons. The van der Waals surface area contributed by atoms with Gasteiger partial charge in [-0.3, -0.25) is 4.79 Å². The van der Waals surface area contributed by atoms with Crippen molar-refractivity contribution in [2.75, 3.05) is 16.8 Å². The average molecular weight is 279 g/mol. The number of nitrogen functional groups attached to an aromatic ring is 1. The van der Waals surface area contributed by atoms with Gasteiger partial charge in [0.25, 0.3) is 0 Å². The third kappa shape index (κ3) is 3.75. The van der Waals surface area contributed by atoms with Gasteiger partial charge in [0.05, 0.1) is 11.4 Å². The first-order chi connectivity index (χ1) is 8.75. The third-order valence-electron chi connectivity index (χ3n) is 2.20. The SMILES string of the molecule is Nc1ccccc1NC(=O)CCSc1nccs1. The van der Waals surface area contributed by atoms with Gasteiger partial charge >= 0.3 is 0 Å². The summed E-state index contributed by atoms with van der Waals surface area (Å²) in [7, 11) is 0. The van der Waals surface area contributed by atoms with Crippen molar-refractivity contribution in [2.24, 2.45) is 0 Å². The predicted octanol–water partition coefficient (Wildman–Crippen LogP) is 2.85. The van der Waals surface area contributed by atoms with Gasteiger partial charge in [-0.1, -0.05) is 23.9 Å². The lowest BCUT2D eigenvalue weighted by atomic mass is 10.2. The molecule has 0 fully saturated rings. The Bertz CT molecular complexity index is 514. The molecule has 6 heteroatoms. The second kappa shape index (κ2) is 6.42. The van der Waals surface area contributed by atoms with Crippen molar-refractivity contribution in [2.45, 2.75) is 10.8 Å². The van der Waals surface area contributed by atoms with E-state index in [0.29, 0.717) is 23.5 Å². The highest BCUT2D eigenvalue weighted by Crippen LogP contribution is 2.21. The van der Waals surface area contributed by atoms with E-state index in [4.69, 9.17) is 5.73 Å². The molecule has 0 aliphatic carbocycles. The van der Waals surface area contributed by atoms with Crippen molar-refractivity contribution >= 4 is 40.4 Å². The number of para-hydroxylation sites is 2. The molecular weight excluding hydrogens is 266 g/mol. The van der Waals surface area contributed by atoms with Crippen LogP contribution in [0.4, 0.5) is 11.4 Å². The molecule has 0 saturated carbocycles. The lowest BCUT2D eigenvalue weighted by Crippen LogP contribution is -2.13. The van der Waals surface area contributed by atoms with Crippen LogP contribution in [-0.2, 0) is 4.79 Å². The summed E-state index contributed by atoms with van der Waals surface area (Å²) in [6.07, 6.45) is 2.20. The summed E-state index contributed by atoms with van der Waals surface area (Å²) in [6.45, 7) is 0. The monoisotopic (exact) mass is 279 g/mol. The molecule has 1 aromatic carbocycles. The Hall–Kier alpha value is -1.53. The number of nitrogens with two attached hydrogens (primary N) is 1. The number of hydrogen-bond donors (Lipinski definition) is 2. The van der Waals surface area contributed by atoms with Crippen LogP contribution in [0.1, 0.15) is 6.42 Å². The minimum Gasteiger partial charge on any atom is -0.397 e. The number of aromatic nitrogens is 1. The first-order valence-electron chi connectivity index (χ1n) is 5.42. The molecule has 3 N–H and O–H groups in total. The summed E-state index contributed by atoms with van der Waals surface area (Å²) in [5.41, 5.74) is 7.00. The molecule has 0 unspecified atom stereocenters. The van der Waals surface area contributed by atoms with Crippen molar-refractivity contribution < 1.29 is 4.79 Å². The summed E-state index contributed by atoms with van der Waals surface area (Å²) in [5.74, 6) is 0.684. The van der Waals surface area contributed by atoms with Crippen LogP contribution in [0.2, 0.25) is 0 Å². The highest BCUT2D eigenvalue weighted by molar-refractivity contribution is 8.01. The van der Waals surface area contributed by atoms with Crippen LogP contribution in [0.5, 0.6) is 0 Å². The van der Waals surface area contributed by atoms with Crippen LogP contribution in [0.3, 0.4) is 0 Å². The summed E-state index contributed by atoms with van der Waals surface area (Å²) < 4.78 is 0.988. The summed E-state index contributed by atoms with van der Waals surface area (Å²) in [5, 5.41) is 4.72. The molecule has 0 bridgehead atoms. The lowest BCUT2D eigenvalue weighted by Gasteiger charge is -2.07. The molecule has 0 saturated heterocycles. The number of benzene rings is 1. The van der Waals surface area contributed by atoms with E-state index >= 15 is 0 Å². The number of carbonyl (C=O) groups excluding carboxylic acids is 1. The van der Waals surface area contributed by atoms with Crippen LogP contribution in [0.15, 0.2) is 40.2 Å². The van der Waals surface area contributed by atoms with Gasteiger partial charge in [-0.05, 0) is 12.1 Å². The Kier molecular flexibility index (Phi) is 4.60. The van der Waals surface area contributed by atoms with Crippen LogP contribution < -0.4 is 11.1 Å². The Morgan fingerprint density at radius 3 is 3.00 bits per heavy atom. The molecule has 0 atom stereocenters. The van der Waals surface area contributed by atoms with E-state index in [1.165, 1.54) is 0 Å². The summed E-state index contributed by atoms with van der Waals surface area (Å²) in [4.78, 5) is 15.8. The van der Waals surface area contributed by atoms with Crippen molar-refractivity contribution in [3.05, 3.63) is 35.8 Å². The number of carbonyl (C=O) groups is 1. The zero-order chi connectivity index (χ0) is 12.8. The summed E-state index contributed by atoms with van der Waals surface area (Å²) in [6, 6.07) is 7.24. The first-order valence-corrected chi connectivity index (χ1v) is 7.29. The quantitative estimate of drug-likeness (QED) is 0.652. The van der Waals surface area contributed by atoms with Gasteiger partial charge in [-0.2, -0.15) is 0 Å². The van der Waals surface area contributed by atoms with Crippen LogP contribution >= 0.6 is 23.1 Å². The lowest BCUT2D eigenvalue weighted by molar-refractivity contribution is -0.115. The molecule has 0 aliphatic heterocycles. The van der Waals surface area contributed by atoms with Gasteiger partial charge < -0.3 is 11.1 Å². The third-order valence-corrected chi connectivity index (χ3v) is 4.17. The molecule has 2 aromatic rings. The molecule has 94 valence electrons. The van der Waals surface area contributed by atoms with Crippen LogP contribution in [0.25, 0.3) is 0 Å². The van der Waals surface area contributed by atoms with E-state index < -0.39 is 0 Å². The largest absolute Gasteiger partial charge is 0.397 e. The highest BCUT2D eigenvalue weighted by Gasteiger charge is 2.05. The predicted molar refractivity (Wildman–Crippen MR) is 76.9 cm³/mol. The number of hydrogen-bond acceptors (Lipinski definition) is 5. The van der Waals surface area contributed by atoms with E-state index in [1.54, 1.807) is 41.4 Å². The molecule has 0 spiro atoms. The maximum atomic E-state index is 11.7. The maximum Gasteiger partial charge on any atom is 0.225 e. The minimum atomic E-state index is -0.0306. The standard InChI is InChI=1S/C12H13N3OS2/c13-9-3-1-2-4-10(9)15-11(16)5-7-17-12-14-6-8-18-12/h1-4,6,8H,5,7,13H2,(H,15,16). The van der Waals surface area contributed by atoms with E-state index in [0.717, 1.165) is 4.34 Å². The fourth-order valence-electron chi connectivity index (χ4n) is 1.34. The molecule has 0 aliphatic rings. The highest BCUT2D eigenvalue weighted by atomic mass is 32.2. The topological polar surface area (TPSA) is 68.0 Å². The van der Waals surface area contributed by atoms with E-state index in [-0.39, 0.29) is 5.91 Å². The number of anilines is 2. The number of thioether (sulfide) groups is 1. The minimum absolute atomic E-state index is 0.0306. The molecule has 4 nitrogen and oxygen atoms in total. The summed E-state index contributed by atoms with van der Waals surface area (Å²) >= 11 is 3.17. The number of rotatable bonds is 5. The zero-order valence-corrected chi connectivity index (χ0v) is 11.3. The second-order valence-corrected chi connectivity index (χ2v) is 5.77. The smallest absolute Gasteiger partial charge is 0.225 e. The molecule has 18 heavy (non-hydrogen) atoms. The Balaban J connectivity index is 1.77. The van der Waals surface area contributed by atoms with Gasteiger partial charge in [0.15, 0.2) is 0 Å². The number of nitrogens with one attached hydrogen (secondary N) is 1. The van der Waals surface area contributed by atoms with Gasteiger partial charge in [0.1, 0.15) is 4.34 Å². The van der Waals surface area contributed by atoms with E-state index in [1.807, 2.05) is 17.5 Å². The van der Waals surface area contributed by atoms with Gasteiger partial charge in [0, 0.05) is 23.8 Å². The van der Waals surface area contributed by atoms with Crippen molar-refractivity contribution in [3.8, 4) is 0 Å². The molecule has 1 aromatic heterocycles. The number of nitrogens with zero attached hydrogens (tertiary/aromatic N) is 1. The molecule has 2 rings (SSSR count). The van der Waals surface area contributed by atoms with Gasteiger partial charge in [-0.25, -0.2) is 4.98 Å². The molecular formula is C12H13N3OS2. The van der Waals surface area contributed by atoms with Gasteiger partial charge in [-0.15, -0.1) is 11.3 Å². The number of amides is 1. The zero-order valence-electron chi connectivity index (χ0n) is 9.63. The van der Waals surface area contributed by atoms with Crippen LogP contribution in [-0.4, -0.2) is 16.6 Å². The Morgan fingerprint density at radius 2 is 2.28 bits per heavy atom. The Morgan fingerprint density at radius 1 is 1.44 bits per heavy atom. The van der Waals surface area contributed by atoms with Crippen molar-refractivity contribution in [1.29, 1.82) is 0 Å². The fraction of sp³-hybridized carbons (Fsp3) is 0.167. The molecule has 1 amide bonds. The molecule has 1 heterocycles. The van der Waals surface area contributed by atoms with E-state index in [9.17, 15) is 4.79 Å². The van der Waals surface area contributed by atoms with Crippen molar-refractivity contribution in [3.63, 3.8) is 0 Å². The van der Waals surface area contributed by atoms with E-state index in [2.05, 4.69) is 10.3 Å². The first kappa shape index (κ1) is 12.9.